The summed E-state index contributed by atoms with van der Waals surface area (Å²) in [4.78, 5) is 0. The van der Waals surface area contributed by atoms with Crippen molar-refractivity contribution >= 4 is 0 Å². The summed E-state index contributed by atoms with van der Waals surface area (Å²) in [6.07, 6.45) is 4.50. The van der Waals surface area contributed by atoms with E-state index in [2.05, 4.69) is 32.9 Å². The van der Waals surface area contributed by atoms with Gasteiger partial charge in [-0.25, -0.2) is 0 Å². The van der Waals surface area contributed by atoms with Crippen LogP contribution in [0.3, 0.4) is 0 Å². The quantitative estimate of drug-likeness (QED) is 0.762. The minimum Gasteiger partial charge on any atom is -0.487 e. The molecule has 1 aliphatic carbocycles. The molecule has 2 nitrogen and oxygen atoms in total. The number of rotatable bonds is 0. The summed E-state index contributed by atoms with van der Waals surface area (Å²) < 4.78 is 6.46. The fourth-order valence-electron chi connectivity index (χ4n) is 4.57. The van der Waals surface area contributed by atoms with Gasteiger partial charge in [-0.05, 0) is 36.7 Å². The Balaban J connectivity index is 1.95. The molecule has 1 saturated carbocycles. The van der Waals surface area contributed by atoms with E-state index in [0.29, 0.717) is 11.3 Å². The molecular formula is C17H25NO. The first kappa shape index (κ1) is 13.0. The van der Waals surface area contributed by atoms with Crippen molar-refractivity contribution in [2.45, 2.75) is 58.1 Å². The van der Waals surface area contributed by atoms with Crippen LogP contribution in [0.1, 0.15) is 58.1 Å². The van der Waals surface area contributed by atoms with Gasteiger partial charge in [0, 0.05) is 18.0 Å². The minimum absolute atomic E-state index is 0.0467. The van der Waals surface area contributed by atoms with E-state index < -0.39 is 0 Å². The van der Waals surface area contributed by atoms with Crippen molar-refractivity contribution in [1.82, 2.24) is 0 Å². The van der Waals surface area contributed by atoms with Crippen LogP contribution in [0.15, 0.2) is 24.3 Å². The molecule has 2 N–H and O–H groups in total. The second-order valence-electron chi connectivity index (χ2n) is 7.49. The maximum absolute atomic E-state index is 6.46. The standard InChI is InChI=1S/C17H25NO/c1-12-8-16(2,3)11-17(9-12)10-14(18)13-6-4-5-7-15(13)19-17/h4-7,12,14H,8-11,18H2,1-3H3/t12?,14-,17?/m1/s1. The molecule has 0 bridgehead atoms. The topological polar surface area (TPSA) is 35.2 Å². The number of nitrogens with two attached hydrogens (primary N) is 1. The second-order valence-corrected chi connectivity index (χ2v) is 7.49. The van der Waals surface area contributed by atoms with Crippen LogP contribution < -0.4 is 10.5 Å². The van der Waals surface area contributed by atoms with Gasteiger partial charge in [0.15, 0.2) is 0 Å². The molecule has 104 valence electrons. The number of ether oxygens (including phenoxy) is 1. The van der Waals surface area contributed by atoms with E-state index in [1.54, 1.807) is 0 Å². The SMILES string of the molecule is CC1CC(C)(C)CC2(C1)C[C@@H](N)c1ccccc1O2. The molecule has 2 heteroatoms. The fraction of sp³-hybridized carbons (Fsp3) is 0.647. The Labute approximate surface area is 116 Å². The van der Waals surface area contributed by atoms with Crippen molar-refractivity contribution in [2.75, 3.05) is 0 Å². The van der Waals surface area contributed by atoms with Gasteiger partial charge in [0.2, 0.25) is 0 Å². The summed E-state index contributed by atoms with van der Waals surface area (Å²) in [6, 6.07) is 8.38. The Bertz CT molecular complexity index is 482. The Morgan fingerprint density at radius 2 is 1.89 bits per heavy atom. The minimum atomic E-state index is -0.0467. The molecule has 2 unspecified atom stereocenters. The van der Waals surface area contributed by atoms with Crippen molar-refractivity contribution in [3.63, 3.8) is 0 Å². The summed E-state index contributed by atoms with van der Waals surface area (Å²) in [5.74, 6) is 1.72. The van der Waals surface area contributed by atoms with E-state index in [1.807, 2.05) is 12.1 Å². The van der Waals surface area contributed by atoms with Gasteiger partial charge in [-0.3, -0.25) is 0 Å². The van der Waals surface area contributed by atoms with Crippen molar-refractivity contribution in [1.29, 1.82) is 0 Å². The lowest BCUT2D eigenvalue weighted by Crippen LogP contribution is -2.50. The van der Waals surface area contributed by atoms with Gasteiger partial charge in [0.05, 0.1) is 0 Å². The molecule has 1 heterocycles. The third kappa shape index (κ3) is 2.38. The normalized spacial score (nSPS) is 36.6. The van der Waals surface area contributed by atoms with Crippen molar-refractivity contribution in [3.8, 4) is 5.75 Å². The summed E-state index contributed by atoms with van der Waals surface area (Å²) in [5.41, 5.74) is 7.88. The average molecular weight is 259 g/mol. The zero-order chi connectivity index (χ0) is 13.7. The molecule has 1 fully saturated rings. The predicted molar refractivity (Wildman–Crippen MR) is 78.1 cm³/mol. The second kappa shape index (κ2) is 4.24. The van der Waals surface area contributed by atoms with E-state index in [9.17, 15) is 0 Å². The maximum atomic E-state index is 6.46. The lowest BCUT2D eigenvalue weighted by Gasteiger charge is -2.50. The Hall–Kier alpha value is -1.02. The highest BCUT2D eigenvalue weighted by Gasteiger charge is 2.47. The van der Waals surface area contributed by atoms with Crippen molar-refractivity contribution < 1.29 is 4.74 Å². The van der Waals surface area contributed by atoms with Crippen LogP contribution in [0.25, 0.3) is 0 Å². The molecule has 1 aromatic rings. The van der Waals surface area contributed by atoms with Gasteiger partial charge in [-0.2, -0.15) is 0 Å². The first-order valence-electron chi connectivity index (χ1n) is 7.43. The molecular weight excluding hydrogens is 234 g/mol. The Morgan fingerprint density at radius 3 is 2.63 bits per heavy atom. The van der Waals surface area contributed by atoms with E-state index in [4.69, 9.17) is 10.5 Å². The van der Waals surface area contributed by atoms with Crippen LogP contribution in [0.2, 0.25) is 0 Å². The van der Waals surface area contributed by atoms with Crippen LogP contribution in [0.5, 0.6) is 5.75 Å². The Kier molecular flexibility index (Phi) is 2.90. The smallest absolute Gasteiger partial charge is 0.124 e. The number of hydrogen-bond acceptors (Lipinski definition) is 2. The number of para-hydroxylation sites is 1. The van der Waals surface area contributed by atoms with Gasteiger partial charge < -0.3 is 10.5 Å². The molecule has 3 rings (SSSR count). The molecule has 3 atom stereocenters. The van der Waals surface area contributed by atoms with Gasteiger partial charge in [0.25, 0.3) is 0 Å². The molecule has 0 saturated heterocycles. The van der Waals surface area contributed by atoms with E-state index in [1.165, 1.54) is 12.0 Å². The van der Waals surface area contributed by atoms with E-state index in [0.717, 1.165) is 25.0 Å². The van der Waals surface area contributed by atoms with Gasteiger partial charge in [-0.15, -0.1) is 0 Å². The van der Waals surface area contributed by atoms with E-state index >= 15 is 0 Å². The predicted octanol–water partition coefficient (Wildman–Crippen LogP) is 4.05. The molecule has 0 radical (unpaired) electrons. The zero-order valence-electron chi connectivity index (χ0n) is 12.3. The zero-order valence-corrected chi connectivity index (χ0v) is 12.3. The van der Waals surface area contributed by atoms with Crippen LogP contribution in [-0.2, 0) is 0 Å². The van der Waals surface area contributed by atoms with Crippen molar-refractivity contribution in [3.05, 3.63) is 29.8 Å². The largest absolute Gasteiger partial charge is 0.487 e. The first-order valence-corrected chi connectivity index (χ1v) is 7.43. The molecule has 0 aromatic heterocycles. The maximum Gasteiger partial charge on any atom is 0.124 e. The van der Waals surface area contributed by atoms with Crippen LogP contribution >= 0.6 is 0 Å². The lowest BCUT2D eigenvalue weighted by atomic mass is 9.63. The number of hydrogen-bond donors (Lipinski definition) is 1. The third-order valence-electron chi connectivity index (χ3n) is 4.66. The van der Waals surface area contributed by atoms with Crippen LogP contribution in [-0.4, -0.2) is 5.60 Å². The summed E-state index contributed by atoms with van der Waals surface area (Å²) in [5, 5.41) is 0. The lowest BCUT2D eigenvalue weighted by molar-refractivity contribution is -0.0570. The summed E-state index contributed by atoms with van der Waals surface area (Å²) >= 11 is 0. The highest BCUT2D eigenvalue weighted by molar-refractivity contribution is 5.38. The average Bonchev–Trinajstić information content (AvgIpc) is 2.25. The highest BCUT2D eigenvalue weighted by atomic mass is 16.5. The molecule has 2 aliphatic rings. The van der Waals surface area contributed by atoms with E-state index in [-0.39, 0.29) is 11.6 Å². The Morgan fingerprint density at radius 1 is 1.16 bits per heavy atom. The monoisotopic (exact) mass is 259 g/mol. The molecule has 1 aromatic carbocycles. The summed E-state index contributed by atoms with van der Waals surface area (Å²) in [6.45, 7) is 7.07. The van der Waals surface area contributed by atoms with Crippen LogP contribution in [0.4, 0.5) is 0 Å². The van der Waals surface area contributed by atoms with Gasteiger partial charge >= 0.3 is 0 Å². The molecule has 1 aliphatic heterocycles. The van der Waals surface area contributed by atoms with Crippen LogP contribution in [0, 0.1) is 11.3 Å². The first-order chi connectivity index (χ1) is 8.89. The molecule has 19 heavy (non-hydrogen) atoms. The van der Waals surface area contributed by atoms with Gasteiger partial charge in [-0.1, -0.05) is 39.0 Å². The number of fused-ring (bicyclic) bond motifs is 1. The third-order valence-corrected chi connectivity index (χ3v) is 4.66. The van der Waals surface area contributed by atoms with Crippen molar-refractivity contribution in [2.24, 2.45) is 17.1 Å². The summed E-state index contributed by atoms with van der Waals surface area (Å²) in [7, 11) is 0. The highest BCUT2D eigenvalue weighted by Crippen LogP contribution is 2.51. The molecule has 1 spiro atoms. The number of benzene rings is 1. The van der Waals surface area contributed by atoms with Gasteiger partial charge in [0.1, 0.15) is 11.4 Å². The molecule has 0 amide bonds. The fourth-order valence-corrected chi connectivity index (χ4v) is 4.57.